The Morgan fingerprint density at radius 1 is 1.28 bits per heavy atom. The highest BCUT2D eigenvalue weighted by molar-refractivity contribution is 5.80. The Kier molecular flexibility index (Phi) is 3.42. The van der Waals surface area contributed by atoms with E-state index in [-0.39, 0.29) is 0 Å². The highest BCUT2D eigenvalue weighted by Crippen LogP contribution is 2.28. The maximum Gasteiger partial charge on any atom is 0.163 e. The van der Waals surface area contributed by atoms with Gasteiger partial charge in [0.05, 0.1) is 0 Å². The Bertz CT molecular complexity index is 588. The highest BCUT2D eigenvalue weighted by atomic mass is 16.5. The molecule has 0 bridgehead atoms. The Morgan fingerprint density at radius 3 is 2.56 bits per heavy atom. The Hall–Kier alpha value is -2.16. The van der Waals surface area contributed by atoms with Crippen molar-refractivity contribution < 1.29 is 9.32 Å². The van der Waals surface area contributed by atoms with E-state index in [0.29, 0.717) is 5.76 Å². The second-order valence-corrected chi connectivity index (χ2v) is 4.33. The number of aldehydes is 1. The summed E-state index contributed by atoms with van der Waals surface area (Å²) in [6.45, 7) is 5.92. The van der Waals surface area contributed by atoms with E-state index < -0.39 is 0 Å². The average Bonchev–Trinajstić information content (AvgIpc) is 2.78. The fourth-order valence-electron chi connectivity index (χ4n) is 1.98. The quantitative estimate of drug-likeness (QED) is 0.609. The summed E-state index contributed by atoms with van der Waals surface area (Å²) in [6.07, 6.45) is 2.21. The number of carbonyl (C=O) groups excluding carboxylic acids is 1. The molecule has 0 aliphatic carbocycles. The first-order chi connectivity index (χ1) is 8.63. The van der Waals surface area contributed by atoms with E-state index in [1.54, 1.807) is 0 Å². The van der Waals surface area contributed by atoms with E-state index in [1.807, 2.05) is 45.0 Å². The normalized spacial score (nSPS) is 11.6. The van der Waals surface area contributed by atoms with Crippen LogP contribution >= 0.6 is 0 Å². The van der Waals surface area contributed by atoms with E-state index in [0.717, 1.165) is 34.2 Å². The summed E-state index contributed by atoms with van der Waals surface area (Å²) in [7, 11) is 0. The number of rotatable bonds is 3. The fourth-order valence-corrected chi connectivity index (χ4v) is 1.98. The predicted molar refractivity (Wildman–Crippen MR) is 71.1 cm³/mol. The highest BCUT2D eigenvalue weighted by Gasteiger charge is 2.11. The molecule has 1 aromatic heterocycles. The minimum Gasteiger partial charge on any atom is -0.356 e. The standard InChI is InChI=1S/C15H15NO2/c1-10(7-8-17)14-9-13(16-18-14)15-11(2)5-4-6-12(15)3/h4-9H,1-3H3/b10-7+. The second kappa shape index (κ2) is 5.00. The first kappa shape index (κ1) is 12.3. The summed E-state index contributed by atoms with van der Waals surface area (Å²) in [4.78, 5) is 10.4. The maximum atomic E-state index is 10.4. The molecular weight excluding hydrogens is 226 g/mol. The number of allylic oxidation sites excluding steroid dienone is 2. The largest absolute Gasteiger partial charge is 0.356 e. The van der Waals surface area contributed by atoms with Gasteiger partial charge in [-0.2, -0.15) is 0 Å². The molecule has 0 N–H and O–H groups in total. The van der Waals surface area contributed by atoms with Crippen molar-refractivity contribution in [3.05, 3.63) is 47.2 Å². The number of carbonyl (C=O) groups is 1. The summed E-state index contributed by atoms with van der Waals surface area (Å²) in [5, 5.41) is 4.08. The first-order valence-corrected chi connectivity index (χ1v) is 5.79. The molecule has 0 aliphatic heterocycles. The SMILES string of the molecule is C/C(=C\C=O)c1cc(-c2c(C)cccc2C)no1. The smallest absolute Gasteiger partial charge is 0.163 e. The molecule has 0 unspecified atom stereocenters. The van der Waals surface area contributed by atoms with Crippen LogP contribution in [0.3, 0.4) is 0 Å². The lowest BCUT2D eigenvalue weighted by Gasteiger charge is -2.04. The third kappa shape index (κ3) is 2.25. The summed E-state index contributed by atoms with van der Waals surface area (Å²) in [5.41, 5.74) is 4.99. The van der Waals surface area contributed by atoms with Gasteiger partial charge in [-0.05, 0) is 43.5 Å². The van der Waals surface area contributed by atoms with Gasteiger partial charge in [-0.25, -0.2) is 0 Å². The van der Waals surface area contributed by atoms with E-state index >= 15 is 0 Å². The molecule has 2 rings (SSSR count). The van der Waals surface area contributed by atoms with Crippen LogP contribution in [0.15, 0.2) is 34.9 Å². The van der Waals surface area contributed by atoms with Gasteiger partial charge in [0, 0.05) is 11.6 Å². The van der Waals surface area contributed by atoms with Gasteiger partial charge in [-0.3, -0.25) is 4.79 Å². The van der Waals surface area contributed by atoms with Crippen LogP contribution in [0.1, 0.15) is 23.8 Å². The van der Waals surface area contributed by atoms with Crippen molar-refractivity contribution in [3.63, 3.8) is 0 Å². The Morgan fingerprint density at radius 2 is 1.94 bits per heavy atom. The van der Waals surface area contributed by atoms with Gasteiger partial charge in [0.25, 0.3) is 0 Å². The average molecular weight is 241 g/mol. The zero-order valence-corrected chi connectivity index (χ0v) is 10.7. The molecule has 0 aliphatic rings. The third-order valence-electron chi connectivity index (χ3n) is 2.95. The van der Waals surface area contributed by atoms with Crippen molar-refractivity contribution in [3.8, 4) is 11.3 Å². The summed E-state index contributed by atoms with van der Waals surface area (Å²) < 4.78 is 5.27. The van der Waals surface area contributed by atoms with Gasteiger partial charge >= 0.3 is 0 Å². The molecule has 0 saturated carbocycles. The Labute approximate surface area is 106 Å². The lowest BCUT2D eigenvalue weighted by atomic mass is 10.00. The number of benzene rings is 1. The van der Waals surface area contributed by atoms with Crippen molar-refractivity contribution in [2.24, 2.45) is 0 Å². The van der Waals surface area contributed by atoms with Crippen molar-refractivity contribution >= 4 is 11.9 Å². The van der Waals surface area contributed by atoms with Crippen molar-refractivity contribution in [1.29, 1.82) is 0 Å². The molecule has 2 aromatic rings. The van der Waals surface area contributed by atoms with Crippen LogP contribution in [0.4, 0.5) is 0 Å². The predicted octanol–water partition coefficient (Wildman–Crippen LogP) is 3.56. The zero-order chi connectivity index (χ0) is 13.1. The zero-order valence-electron chi connectivity index (χ0n) is 10.7. The van der Waals surface area contributed by atoms with Gasteiger partial charge in [-0.1, -0.05) is 23.4 Å². The first-order valence-electron chi connectivity index (χ1n) is 5.79. The Balaban J connectivity index is 2.48. The topological polar surface area (TPSA) is 43.1 Å². The molecule has 0 fully saturated rings. The van der Waals surface area contributed by atoms with Gasteiger partial charge in [-0.15, -0.1) is 0 Å². The molecule has 1 heterocycles. The van der Waals surface area contributed by atoms with E-state index in [2.05, 4.69) is 5.16 Å². The van der Waals surface area contributed by atoms with Crippen LogP contribution in [0.25, 0.3) is 16.8 Å². The number of aromatic nitrogens is 1. The van der Waals surface area contributed by atoms with Gasteiger partial charge in [0.1, 0.15) is 12.0 Å². The molecule has 3 nitrogen and oxygen atoms in total. The minimum absolute atomic E-state index is 0.625. The molecule has 18 heavy (non-hydrogen) atoms. The molecule has 1 aromatic carbocycles. The van der Waals surface area contributed by atoms with E-state index in [1.165, 1.54) is 6.08 Å². The molecule has 0 spiro atoms. The molecular formula is C15H15NO2. The van der Waals surface area contributed by atoms with E-state index in [4.69, 9.17) is 4.52 Å². The van der Waals surface area contributed by atoms with Crippen LogP contribution < -0.4 is 0 Å². The molecule has 0 radical (unpaired) electrons. The summed E-state index contributed by atoms with van der Waals surface area (Å²) >= 11 is 0. The summed E-state index contributed by atoms with van der Waals surface area (Å²) in [5.74, 6) is 0.625. The van der Waals surface area contributed by atoms with Crippen molar-refractivity contribution in [2.75, 3.05) is 0 Å². The minimum atomic E-state index is 0.625. The number of aryl methyl sites for hydroxylation is 2. The van der Waals surface area contributed by atoms with Gasteiger partial charge in [0.15, 0.2) is 5.76 Å². The monoisotopic (exact) mass is 241 g/mol. The number of hydrogen-bond acceptors (Lipinski definition) is 3. The third-order valence-corrected chi connectivity index (χ3v) is 2.95. The second-order valence-electron chi connectivity index (χ2n) is 4.33. The van der Waals surface area contributed by atoms with Crippen LogP contribution in [-0.4, -0.2) is 11.4 Å². The lowest BCUT2D eigenvalue weighted by molar-refractivity contribution is -0.104. The van der Waals surface area contributed by atoms with Crippen LogP contribution in [0.2, 0.25) is 0 Å². The lowest BCUT2D eigenvalue weighted by Crippen LogP contribution is -1.87. The maximum absolute atomic E-state index is 10.4. The van der Waals surface area contributed by atoms with Crippen LogP contribution in [-0.2, 0) is 4.79 Å². The molecule has 0 atom stereocenters. The molecule has 0 saturated heterocycles. The summed E-state index contributed by atoms with van der Waals surface area (Å²) in [6, 6.07) is 7.98. The van der Waals surface area contributed by atoms with Crippen molar-refractivity contribution in [2.45, 2.75) is 20.8 Å². The van der Waals surface area contributed by atoms with Gasteiger partial charge in [0.2, 0.25) is 0 Å². The fraction of sp³-hybridized carbons (Fsp3) is 0.200. The van der Waals surface area contributed by atoms with Crippen LogP contribution in [0.5, 0.6) is 0 Å². The van der Waals surface area contributed by atoms with Crippen molar-refractivity contribution in [1.82, 2.24) is 5.16 Å². The molecule has 92 valence electrons. The number of hydrogen-bond donors (Lipinski definition) is 0. The van der Waals surface area contributed by atoms with E-state index in [9.17, 15) is 4.79 Å². The molecule has 3 heteroatoms. The number of nitrogens with zero attached hydrogens (tertiary/aromatic N) is 1. The van der Waals surface area contributed by atoms with Crippen LogP contribution in [0, 0.1) is 13.8 Å². The molecule has 0 amide bonds. The van der Waals surface area contributed by atoms with Gasteiger partial charge < -0.3 is 4.52 Å².